The first-order chi connectivity index (χ1) is 7.97. The Labute approximate surface area is 105 Å². The standard InChI is InChI=1S/C10H17N5OS/c1-6(2)4-13-9(16)5-17-10-14-7(11)3-8(12)15-10/h3,6H,4-5H2,1-2H3,(H,13,16)(H4,11,12,14,15). The molecule has 0 saturated carbocycles. The van der Waals surface area contributed by atoms with Crippen molar-refractivity contribution in [3.63, 3.8) is 0 Å². The highest BCUT2D eigenvalue weighted by Gasteiger charge is 2.06. The number of nitrogens with one attached hydrogen (secondary N) is 1. The van der Waals surface area contributed by atoms with Crippen molar-refractivity contribution in [1.82, 2.24) is 15.3 Å². The molecular weight excluding hydrogens is 238 g/mol. The summed E-state index contributed by atoms with van der Waals surface area (Å²) in [6.45, 7) is 4.74. The predicted octanol–water partition coefficient (Wildman–Crippen LogP) is 0.505. The van der Waals surface area contributed by atoms with Crippen LogP contribution in [0.15, 0.2) is 11.2 Å². The minimum absolute atomic E-state index is 0.0479. The lowest BCUT2D eigenvalue weighted by Crippen LogP contribution is -2.28. The van der Waals surface area contributed by atoms with Crippen molar-refractivity contribution in [3.8, 4) is 0 Å². The highest BCUT2D eigenvalue weighted by Crippen LogP contribution is 2.15. The van der Waals surface area contributed by atoms with Crippen LogP contribution in [0.1, 0.15) is 13.8 Å². The molecule has 0 saturated heterocycles. The first-order valence-corrected chi connectivity index (χ1v) is 6.25. The fourth-order valence-corrected chi connectivity index (χ4v) is 1.73. The van der Waals surface area contributed by atoms with Crippen molar-refractivity contribution in [3.05, 3.63) is 6.07 Å². The monoisotopic (exact) mass is 255 g/mol. The maximum atomic E-state index is 11.4. The number of hydrogen-bond acceptors (Lipinski definition) is 6. The summed E-state index contributed by atoms with van der Waals surface area (Å²) in [5.41, 5.74) is 11.0. The molecule has 7 heteroatoms. The molecule has 1 rings (SSSR count). The second kappa shape index (κ2) is 6.29. The summed E-state index contributed by atoms with van der Waals surface area (Å²) in [7, 11) is 0. The van der Waals surface area contributed by atoms with Gasteiger partial charge in [-0.15, -0.1) is 0 Å². The van der Waals surface area contributed by atoms with Gasteiger partial charge >= 0.3 is 0 Å². The third-order valence-corrected chi connectivity index (χ3v) is 2.63. The van der Waals surface area contributed by atoms with E-state index in [0.29, 0.717) is 29.3 Å². The average molecular weight is 255 g/mol. The molecular formula is C10H17N5OS. The van der Waals surface area contributed by atoms with Crippen LogP contribution in [0.4, 0.5) is 11.6 Å². The number of carbonyl (C=O) groups is 1. The molecule has 6 nitrogen and oxygen atoms in total. The van der Waals surface area contributed by atoms with E-state index in [0.717, 1.165) is 0 Å². The molecule has 0 fully saturated rings. The van der Waals surface area contributed by atoms with Gasteiger partial charge in [0.15, 0.2) is 5.16 Å². The lowest BCUT2D eigenvalue weighted by atomic mass is 10.2. The molecule has 0 radical (unpaired) electrons. The van der Waals surface area contributed by atoms with Crippen molar-refractivity contribution in [1.29, 1.82) is 0 Å². The van der Waals surface area contributed by atoms with E-state index in [-0.39, 0.29) is 11.7 Å². The van der Waals surface area contributed by atoms with Crippen LogP contribution in [0.5, 0.6) is 0 Å². The van der Waals surface area contributed by atoms with Gasteiger partial charge in [0.1, 0.15) is 11.6 Å². The van der Waals surface area contributed by atoms with Crippen LogP contribution in [-0.2, 0) is 4.79 Å². The largest absolute Gasteiger partial charge is 0.383 e. The number of rotatable bonds is 5. The number of nitrogens with two attached hydrogens (primary N) is 2. The normalized spacial score (nSPS) is 10.5. The lowest BCUT2D eigenvalue weighted by molar-refractivity contribution is -0.118. The molecule has 5 N–H and O–H groups in total. The van der Waals surface area contributed by atoms with Crippen LogP contribution >= 0.6 is 11.8 Å². The van der Waals surface area contributed by atoms with Crippen molar-refractivity contribution in [2.24, 2.45) is 5.92 Å². The van der Waals surface area contributed by atoms with Gasteiger partial charge in [-0.05, 0) is 5.92 Å². The van der Waals surface area contributed by atoms with Gasteiger partial charge in [0, 0.05) is 12.6 Å². The molecule has 0 aromatic carbocycles. The van der Waals surface area contributed by atoms with Gasteiger partial charge in [-0.1, -0.05) is 25.6 Å². The van der Waals surface area contributed by atoms with E-state index in [1.54, 1.807) is 0 Å². The zero-order chi connectivity index (χ0) is 12.8. The Morgan fingerprint density at radius 3 is 2.53 bits per heavy atom. The van der Waals surface area contributed by atoms with Gasteiger partial charge < -0.3 is 16.8 Å². The van der Waals surface area contributed by atoms with Crippen LogP contribution in [-0.4, -0.2) is 28.2 Å². The third kappa shape index (κ3) is 5.39. The molecule has 0 unspecified atom stereocenters. The summed E-state index contributed by atoms with van der Waals surface area (Å²) in [4.78, 5) is 19.4. The number of nitrogen functional groups attached to an aromatic ring is 2. The van der Waals surface area contributed by atoms with Gasteiger partial charge in [-0.2, -0.15) is 0 Å². The van der Waals surface area contributed by atoms with E-state index >= 15 is 0 Å². The van der Waals surface area contributed by atoms with E-state index in [4.69, 9.17) is 11.5 Å². The van der Waals surface area contributed by atoms with Crippen LogP contribution in [0.3, 0.4) is 0 Å². The highest BCUT2D eigenvalue weighted by atomic mass is 32.2. The fourth-order valence-electron chi connectivity index (χ4n) is 1.03. The van der Waals surface area contributed by atoms with E-state index in [2.05, 4.69) is 15.3 Å². The minimum atomic E-state index is -0.0479. The number of anilines is 2. The summed E-state index contributed by atoms with van der Waals surface area (Å²) in [6.07, 6.45) is 0. The number of thioether (sulfide) groups is 1. The maximum absolute atomic E-state index is 11.4. The Morgan fingerprint density at radius 1 is 1.41 bits per heavy atom. The molecule has 1 heterocycles. The molecule has 0 atom stereocenters. The lowest BCUT2D eigenvalue weighted by Gasteiger charge is -2.07. The van der Waals surface area contributed by atoms with E-state index in [1.165, 1.54) is 17.8 Å². The summed E-state index contributed by atoms with van der Waals surface area (Å²) in [6, 6.07) is 1.48. The van der Waals surface area contributed by atoms with Crippen molar-refractivity contribution in [2.75, 3.05) is 23.8 Å². The Balaban J connectivity index is 2.42. The summed E-state index contributed by atoms with van der Waals surface area (Å²) in [5, 5.41) is 3.22. The molecule has 17 heavy (non-hydrogen) atoms. The van der Waals surface area contributed by atoms with Crippen LogP contribution in [0.25, 0.3) is 0 Å². The molecule has 0 spiro atoms. The molecule has 0 aliphatic rings. The van der Waals surface area contributed by atoms with Gasteiger partial charge in [0.25, 0.3) is 0 Å². The van der Waals surface area contributed by atoms with Gasteiger partial charge in [0.05, 0.1) is 5.75 Å². The Bertz CT molecular complexity index is 376. The molecule has 1 amide bonds. The van der Waals surface area contributed by atoms with E-state index in [9.17, 15) is 4.79 Å². The number of nitrogens with zero attached hydrogens (tertiary/aromatic N) is 2. The minimum Gasteiger partial charge on any atom is -0.383 e. The summed E-state index contributed by atoms with van der Waals surface area (Å²) in [5.74, 6) is 1.26. The fraction of sp³-hybridized carbons (Fsp3) is 0.500. The highest BCUT2D eigenvalue weighted by molar-refractivity contribution is 7.99. The Kier molecular flexibility index (Phi) is 5.02. The zero-order valence-electron chi connectivity index (χ0n) is 9.93. The Morgan fingerprint density at radius 2 is 2.00 bits per heavy atom. The smallest absolute Gasteiger partial charge is 0.230 e. The topological polar surface area (TPSA) is 107 Å². The van der Waals surface area contributed by atoms with Crippen molar-refractivity contribution >= 4 is 29.3 Å². The number of carbonyl (C=O) groups excluding carboxylic acids is 1. The molecule has 1 aromatic heterocycles. The molecule has 0 aliphatic heterocycles. The second-order valence-electron chi connectivity index (χ2n) is 3.99. The van der Waals surface area contributed by atoms with Crippen LogP contribution in [0, 0.1) is 5.92 Å². The van der Waals surface area contributed by atoms with Crippen molar-refractivity contribution in [2.45, 2.75) is 19.0 Å². The SMILES string of the molecule is CC(C)CNC(=O)CSc1nc(N)cc(N)n1. The summed E-state index contributed by atoms with van der Waals surface area (Å²) >= 11 is 1.21. The van der Waals surface area contributed by atoms with Crippen LogP contribution in [0.2, 0.25) is 0 Å². The van der Waals surface area contributed by atoms with Crippen molar-refractivity contribution < 1.29 is 4.79 Å². The number of aromatic nitrogens is 2. The number of hydrogen-bond donors (Lipinski definition) is 3. The molecule has 94 valence electrons. The van der Waals surface area contributed by atoms with Gasteiger partial charge in [0.2, 0.25) is 5.91 Å². The van der Waals surface area contributed by atoms with E-state index < -0.39 is 0 Å². The van der Waals surface area contributed by atoms with Gasteiger partial charge in [-0.25, -0.2) is 9.97 Å². The molecule has 1 aromatic rings. The molecule has 0 bridgehead atoms. The first-order valence-electron chi connectivity index (χ1n) is 5.27. The Hall–Kier alpha value is -1.50. The first kappa shape index (κ1) is 13.6. The van der Waals surface area contributed by atoms with Gasteiger partial charge in [-0.3, -0.25) is 4.79 Å². The quantitative estimate of drug-likeness (QED) is 0.522. The average Bonchev–Trinajstić information content (AvgIpc) is 2.22. The van der Waals surface area contributed by atoms with Crippen LogP contribution < -0.4 is 16.8 Å². The van der Waals surface area contributed by atoms with E-state index in [1.807, 2.05) is 13.8 Å². The maximum Gasteiger partial charge on any atom is 0.230 e. The molecule has 0 aliphatic carbocycles. The zero-order valence-corrected chi connectivity index (χ0v) is 10.8. The number of amides is 1. The third-order valence-electron chi connectivity index (χ3n) is 1.79. The summed E-state index contributed by atoms with van der Waals surface area (Å²) < 4.78 is 0. The predicted molar refractivity (Wildman–Crippen MR) is 69.4 cm³/mol. The second-order valence-corrected chi connectivity index (χ2v) is 4.93.